The van der Waals surface area contributed by atoms with Crippen LogP contribution in [0.4, 0.5) is 0 Å². The van der Waals surface area contributed by atoms with Crippen LogP contribution in [0.2, 0.25) is 10.0 Å². The fourth-order valence-corrected chi connectivity index (χ4v) is 2.70. The summed E-state index contributed by atoms with van der Waals surface area (Å²) in [6.07, 6.45) is 0. The van der Waals surface area contributed by atoms with Crippen LogP contribution in [-0.2, 0) is 4.79 Å². The van der Waals surface area contributed by atoms with E-state index in [1.165, 1.54) is 0 Å². The van der Waals surface area contributed by atoms with Crippen LogP contribution in [0.15, 0.2) is 46.9 Å². The predicted octanol–water partition coefficient (Wildman–Crippen LogP) is 3.47. The lowest BCUT2D eigenvalue weighted by Crippen LogP contribution is -2.49. The van der Waals surface area contributed by atoms with E-state index in [0.29, 0.717) is 21.4 Å². The molecule has 0 fully saturated rings. The third kappa shape index (κ3) is 6.45. The fraction of sp³-hybridized carbons (Fsp3) is 0.0625. The number of hydrogen-bond acceptors (Lipinski definition) is 4. The first-order valence-corrected chi connectivity index (χ1v) is 9.04. The molecule has 3 N–H and O–H groups in total. The predicted molar refractivity (Wildman–Crippen MR) is 107 cm³/mol. The van der Waals surface area contributed by atoms with Crippen LogP contribution in [0, 0.1) is 0 Å². The summed E-state index contributed by atoms with van der Waals surface area (Å²) in [5, 5.41) is 3.23. The maximum atomic E-state index is 11.9. The average molecular weight is 477 g/mol. The number of carbonyl (C=O) groups is 2. The largest absolute Gasteiger partial charge is 0.482 e. The highest BCUT2D eigenvalue weighted by atomic mass is 79.9. The van der Waals surface area contributed by atoms with Gasteiger partial charge >= 0.3 is 0 Å². The lowest BCUT2D eigenvalue weighted by atomic mass is 10.2. The monoisotopic (exact) mass is 475 g/mol. The first kappa shape index (κ1) is 20.4. The van der Waals surface area contributed by atoms with Crippen LogP contribution < -0.4 is 20.9 Å². The SMILES string of the molecule is O=C(COc1ccc(Br)cc1Cl)NNC(=S)NC(=O)c1ccc(Cl)cc1. The van der Waals surface area contributed by atoms with Crippen molar-refractivity contribution in [1.29, 1.82) is 0 Å². The molecule has 0 aliphatic rings. The first-order valence-electron chi connectivity index (χ1n) is 7.09. The number of rotatable bonds is 4. The van der Waals surface area contributed by atoms with Gasteiger partial charge in [0.05, 0.1) is 5.02 Å². The normalized spacial score (nSPS) is 9.96. The van der Waals surface area contributed by atoms with Crippen molar-refractivity contribution in [3.05, 3.63) is 62.5 Å². The van der Waals surface area contributed by atoms with Crippen LogP contribution in [0.3, 0.4) is 0 Å². The van der Waals surface area contributed by atoms with Gasteiger partial charge in [0, 0.05) is 15.1 Å². The van der Waals surface area contributed by atoms with Gasteiger partial charge in [-0.3, -0.25) is 25.8 Å². The second-order valence-electron chi connectivity index (χ2n) is 4.83. The molecular formula is C16H12BrCl2N3O3S. The summed E-state index contributed by atoms with van der Waals surface area (Å²) in [5.41, 5.74) is 5.09. The molecule has 2 aromatic carbocycles. The van der Waals surface area contributed by atoms with Gasteiger partial charge in [0.25, 0.3) is 11.8 Å². The topological polar surface area (TPSA) is 79.5 Å². The van der Waals surface area contributed by atoms with Gasteiger partial charge < -0.3 is 4.74 Å². The standard InChI is InChI=1S/C16H12BrCl2N3O3S/c17-10-3-6-13(12(19)7-10)25-8-14(23)21-22-16(26)20-15(24)9-1-4-11(18)5-2-9/h1-7H,8H2,(H,21,23)(H2,20,22,24,26). The van der Waals surface area contributed by atoms with Gasteiger partial charge in [0.1, 0.15) is 5.75 Å². The Morgan fingerprint density at radius 1 is 1.08 bits per heavy atom. The van der Waals surface area contributed by atoms with Crippen LogP contribution in [-0.4, -0.2) is 23.5 Å². The van der Waals surface area contributed by atoms with Crippen molar-refractivity contribution in [3.63, 3.8) is 0 Å². The number of carbonyl (C=O) groups excluding carboxylic acids is 2. The van der Waals surface area contributed by atoms with Crippen LogP contribution in [0.1, 0.15) is 10.4 Å². The quantitative estimate of drug-likeness (QED) is 0.465. The van der Waals surface area contributed by atoms with Crippen molar-refractivity contribution in [3.8, 4) is 5.75 Å². The van der Waals surface area contributed by atoms with E-state index in [4.69, 9.17) is 40.2 Å². The van der Waals surface area contributed by atoms with E-state index in [2.05, 4.69) is 32.1 Å². The number of benzene rings is 2. The van der Waals surface area contributed by atoms with E-state index in [1.54, 1.807) is 42.5 Å². The van der Waals surface area contributed by atoms with Crippen LogP contribution in [0.5, 0.6) is 5.75 Å². The van der Waals surface area contributed by atoms with Crippen molar-refractivity contribution in [2.45, 2.75) is 0 Å². The molecule has 0 bridgehead atoms. The Hall–Kier alpha value is -1.87. The summed E-state index contributed by atoms with van der Waals surface area (Å²) in [6.45, 7) is -0.290. The number of hydrogen-bond donors (Lipinski definition) is 3. The third-order valence-corrected chi connectivity index (χ3v) is 4.15. The summed E-state index contributed by atoms with van der Waals surface area (Å²) in [7, 11) is 0. The third-order valence-electron chi connectivity index (χ3n) is 2.90. The number of thiocarbonyl (C=S) groups is 1. The molecule has 0 spiro atoms. The summed E-state index contributed by atoms with van der Waals surface area (Å²) in [6, 6.07) is 11.3. The minimum atomic E-state index is -0.507. The Morgan fingerprint density at radius 2 is 1.77 bits per heavy atom. The number of halogens is 3. The Morgan fingerprint density at radius 3 is 2.42 bits per heavy atom. The molecule has 136 valence electrons. The minimum absolute atomic E-state index is 0.0695. The van der Waals surface area contributed by atoms with Crippen molar-refractivity contribution in [2.24, 2.45) is 0 Å². The van der Waals surface area contributed by atoms with Gasteiger partial charge in [-0.1, -0.05) is 39.1 Å². The van der Waals surface area contributed by atoms with Crippen molar-refractivity contribution >= 4 is 68.3 Å². The highest BCUT2D eigenvalue weighted by Gasteiger charge is 2.09. The zero-order valence-electron chi connectivity index (χ0n) is 13.0. The second kappa shape index (κ2) is 9.72. The first-order chi connectivity index (χ1) is 12.3. The van der Waals surface area contributed by atoms with Gasteiger partial charge in [-0.2, -0.15) is 0 Å². The molecule has 0 saturated heterocycles. The summed E-state index contributed by atoms with van der Waals surface area (Å²) < 4.78 is 6.09. The summed E-state index contributed by atoms with van der Waals surface area (Å²) in [5.74, 6) is -0.581. The number of hydrazine groups is 1. The van der Waals surface area contributed by atoms with E-state index < -0.39 is 11.8 Å². The lowest BCUT2D eigenvalue weighted by Gasteiger charge is -2.12. The molecule has 0 atom stereocenters. The Bertz CT molecular complexity index is 834. The van der Waals surface area contributed by atoms with Gasteiger partial charge in [-0.15, -0.1) is 0 Å². The molecule has 2 aromatic rings. The van der Waals surface area contributed by atoms with Crippen LogP contribution >= 0.6 is 51.3 Å². The van der Waals surface area contributed by atoms with Crippen molar-refractivity contribution in [2.75, 3.05) is 6.61 Å². The van der Waals surface area contributed by atoms with Gasteiger partial charge in [-0.25, -0.2) is 0 Å². The number of amides is 2. The number of nitrogens with one attached hydrogen (secondary N) is 3. The Labute approximate surface area is 173 Å². The molecule has 0 aromatic heterocycles. The molecule has 0 aliphatic heterocycles. The maximum absolute atomic E-state index is 11.9. The average Bonchev–Trinajstić information content (AvgIpc) is 2.59. The molecule has 0 unspecified atom stereocenters. The zero-order valence-corrected chi connectivity index (χ0v) is 16.9. The molecule has 0 radical (unpaired) electrons. The molecule has 26 heavy (non-hydrogen) atoms. The van der Waals surface area contributed by atoms with E-state index in [9.17, 15) is 9.59 Å². The lowest BCUT2D eigenvalue weighted by molar-refractivity contribution is -0.123. The Balaban J connectivity index is 1.75. The Kier molecular flexibility index (Phi) is 7.65. The van der Waals surface area contributed by atoms with Gasteiger partial charge in [-0.05, 0) is 54.7 Å². The highest BCUT2D eigenvalue weighted by Crippen LogP contribution is 2.27. The molecular weight excluding hydrogens is 465 g/mol. The van der Waals surface area contributed by atoms with E-state index in [-0.39, 0.29) is 11.7 Å². The molecule has 6 nitrogen and oxygen atoms in total. The van der Waals surface area contributed by atoms with E-state index >= 15 is 0 Å². The van der Waals surface area contributed by atoms with Gasteiger partial charge in [0.2, 0.25) is 0 Å². The van der Waals surface area contributed by atoms with E-state index in [0.717, 1.165) is 4.47 Å². The maximum Gasteiger partial charge on any atom is 0.276 e. The van der Waals surface area contributed by atoms with Crippen LogP contribution in [0.25, 0.3) is 0 Å². The molecule has 2 amide bonds. The molecule has 0 saturated carbocycles. The second-order valence-corrected chi connectivity index (χ2v) is 6.99. The molecule has 10 heteroatoms. The molecule has 0 aliphatic carbocycles. The smallest absolute Gasteiger partial charge is 0.276 e. The number of ether oxygens (including phenoxy) is 1. The zero-order chi connectivity index (χ0) is 19.1. The van der Waals surface area contributed by atoms with Crippen molar-refractivity contribution < 1.29 is 14.3 Å². The summed E-state index contributed by atoms with van der Waals surface area (Å²) in [4.78, 5) is 23.7. The van der Waals surface area contributed by atoms with E-state index in [1.807, 2.05) is 0 Å². The fourth-order valence-electron chi connectivity index (χ4n) is 1.71. The minimum Gasteiger partial charge on any atom is -0.482 e. The molecule has 2 rings (SSSR count). The molecule has 0 heterocycles. The van der Waals surface area contributed by atoms with Gasteiger partial charge in [0.15, 0.2) is 11.7 Å². The van der Waals surface area contributed by atoms with Crippen molar-refractivity contribution in [1.82, 2.24) is 16.2 Å². The highest BCUT2D eigenvalue weighted by molar-refractivity contribution is 9.10. The summed E-state index contributed by atoms with van der Waals surface area (Å²) >= 11 is 20.0.